The second-order valence-electron chi connectivity index (χ2n) is 6.30. The number of H-pyrrole nitrogens is 1. The van der Waals surface area contributed by atoms with Gasteiger partial charge in [0.25, 0.3) is 5.91 Å². The number of hydrogen-bond acceptors (Lipinski definition) is 4. The molecule has 3 aromatic heterocycles. The molecule has 0 saturated heterocycles. The van der Waals surface area contributed by atoms with E-state index in [0.29, 0.717) is 5.95 Å². The van der Waals surface area contributed by atoms with Gasteiger partial charge < -0.3 is 0 Å². The molecule has 3 heterocycles. The van der Waals surface area contributed by atoms with Crippen LogP contribution in [0.25, 0.3) is 23.0 Å². The van der Waals surface area contributed by atoms with Gasteiger partial charge in [-0.25, -0.2) is 10.1 Å². The Labute approximate surface area is 155 Å². The molecule has 0 fully saturated rings. The summed E-state index contributed by atoms with van der Waals surface area (Å²) in [7, 11) is 0. The number of pyridine rings is 1. The van der Waals surface area contributed by atoms with E-state index in [-0.39, 0.29) is 5.91 Å². The van der Waals surface area contributed by atoms with Crippen molar-refractivity contribution in [2.75, 3.05) is 5.32 Å². The number of aromatic amines is 1. The minimum absolute atomic E-state index is 0.302. The zero-order valence-electron chi connectivity index (χ0n) is 15.0. The Bertz CT molecular complexity index is 1120. The highest BCUT2D eigenvalue weighted by Crippen LogP contribution is 2.26. The van der Waals surface area contributed by atoms with Crippen molar-refractivity contribution in [1.82, 2.24) is 24.6 Å². The third-order valence-corrected chi connectivity index (χ3v) is 4.19. The molecular formula is C20H18N6O. The van der Waals surface area contributed by atoms with Crippen LogP contribution >= 0.6 is 0 Å². The minimum Gasteiger partial charge on any atom is -0.300 e. The van der Waals surface area contributed by atoms with Crippen molar-refractivity contribution in [2.45, 2.75) is 13.8 Å². The van der Waals surface area contributed by atoms with E-state index in [1.165, 1.54) is 18.0 Å². The summed E-state index contributed by atoms with van der Waals surface area (Å²) in [5, 5.41) is 8.92. The summed E-state index contributed by atoms with van der Waals surface area (Å²) in [5.74, 6) is 0.000780. The summed E-state index contributed by atoms with van der Waals surface area (Å²) < 4.78 is 1.97. The highest BCUT2D eigenvalue weighted by Gasteiger charge is 2.12. The van der Waals surface area contributed by atoms with Crippen molar-refractivity contribution in [3.05, 3.63) is 71.8 Å². The fourth-order valence-electron chi connectivity index (χ4n) is 2.83. The number of amides is 1. The number of aromatic nitrogens is 5. The summed E-state index contributed by atoms with van der Waals surface area (Å²) in [6.45, 7) is 4.08. The van der Waals surface area contributed by atoms with Crippen LogP contribution in [0.4, 0.5) is 5.95 Å². The van der Waals surface area contributed by atoms with Crippen LogP contribution in [0.15, 0.2) is 55.0 Å². The summed E-state index contributed by atoms with van der Waals surface area (Å²) in [6.07, 6.45) is 6.52. The lowest BCUT2D eigenvalue weighted by Crippen LogP contribution is -2.09. The number of nitrogens with one attached hydrogen (secondary N) is 2. The van der Waals surface area contributed by atoms with Crippen LogP contribution in [0, 0.1) is 13.8 Å². The first kappa shape index (κ1) is 16.7. The van der Waals surface area contributed by atoms with Crippen LogP contribution in [0.1, 0.15) is 16.8 Å². The molecule has 0 aliphatic heterocycles. The molecule has 0 spiro atoms. The van der Waals surface area contributed by atoms with Crippen LogP contribution in [-0.4, -0.2) is 30.5 Å². The Morgan fingerprint density at radius 2 is 1.96 bits per heavy atom. The maximum absolute atomic E-state index is 12.2. The van der Waals surface area contributed by atoms with Gasteiger partial charge in [0.2, 0.25) is 5.95 Å². The van der Waals surface area contributed by atoms with Gasteiger partial charge >= 0.3 is 0 Å². The molecule has 4 aromatic rings. The number of carbonyl (C=O) groups is 1. The zero-order valence-corrected chi connectivity index (χ0v) is 15.0. The molecule has 27 heavy (non-hydrogen) atoms. The van der Waals surface area contributed by atoms with Gasteiger partial charge in [-0.3, -0.25) is 14.5 Å². The molecule has 2 N–H and O–H groups in total. The first-order valence-corrected chi connectivity index (χ1v) is 8.50. The van der Waals surface area contributed by atoms with Gasteiger partial charge in [-0.15, -0.1) is 0 Å². The lowest BCUT2D eigenvalue weighted by Gasteiger charge is -2.02. The van der Waals surface area contributed by atoms with E-state index < -0.39 is 0 Å². The number of hydrogen-bond donors (Lipinski definition) is 2. The number of rotatable bonds is 4. The lowest BCUT2D eigenvalue weighted by atomic mass is 10.1. The van der Waals surface area contributed by atoms with Gasteiger partial charge in [0, 0.05) is 17.8 Å². The summed E-state index contributed by atoms with van der Waals surface area (Å²) in [6, 6.07) is 12.2. The predicted octanol–water partition coefficient (Wildman–Crippen LogP) is 3.39. The van der Waals surface area contributed by atoms with E-state index in [4.69, 9.17) is 4.98 Å². The first-order chi connectivity index (χ1) is 13.1. The van der Waals surface area contributed by atoms with Gasteiger partial charge in [-0.05, 0) is 37.6 Å². The molecule has 134 valence electrons. The second kappa shape index (κ2) is 6.87. The van der Waals surface area contributed by atoms with E-state index in [1.807, 2.05) is 48.7 Å². The number of anilines is 1. The van der Waals surface area contributed by atoms with E-state index in [1.54, 1.807) is 6.08 Å². The molecule has 0 aliphatic carbocycles. The number of imidazole rings is 1. The quantitative estimate of drug-likeness (QED) is 0.547. The maximum atomic E-state index is 12.2. The molecule has 0 radical (unpaired) electrons. The van der Waals surface area contributed by atoms with E-state index in [0.717, 1.165) is 28.2 Å². The molecule has 0 atom stereocenters. The van der Waals surface area contributed by atoms with Crippen LogP contribution in [-0.2, 0) is 4.79 Å². The topological polar surface area (TPSA) is 88.0 Å². The van der Waals surface area contributed by atoms with Crippen LogP contribution in [0.3, 0.4) is 0 Å². The molecule has 0 saturated carbocycles. The summed E-state index contributed by atoms with van der Waals surface area (Å²) in [5.41, 5.74) is 5.80. The maximum Gasteiger partial charge on any atom is 0.250 e. The summed E-state index contributed by atoms with van der Waals surface area (Å²) in [4.78, 5) is 20.8. The Morgan fingerprint density at radius 3 is 2.70 bits per heavy atom. The zero-order chi connectivity index (χ0) is 18.8. The molecule has 1 aromatic carbocycles. The van der Waals surface area contributed by atoms with Gasteiger partial charge in [-0.2, -0.15) is 10.1 Å². The fraction of sp³-hybridized carbons (Fsp3) is 0.100. The molecular weight excluding hydrogens is 340 g/mol. The van der Waals surface area contributed by atoms with Crippen LogP contribution in [0.5, 0.6) is 0 Å². The minimum atomic E-state index is -0.302. The van der Waals surface area contributed by atoms with Crippen molar-refractivity contribution in [3.63, 3.8) is 0 Å². The number of benzene rings is 1. The van der Waals surface area contributed by atoms with Crippen molar-refractivity contribution in [3.8, 4) is 11.3 Å². The molecule has 1 amide bonds. The SMILES string of the molecule is Cc1ccc(-c2nc3cc(C)ccn3c2/C=C/C(=O)Nc2ncn[nH]2)cc1. The standard InChI is InChI=1S/C20H18N6O/c1-13-3-5-15(6-4-13)19-16(26-10-9-14(2)11-17(26)23-19)7-8-18(27)24-20-21-12-22-25-20/h3-12H,1-2H3,(H2,21,22,24,25,27)/b8-7+. The monoisotopic (exact) mass is 358 g/mol. The van der Waals surface area contributed by atoms with Crippen LogP contribution in [0.2, 0.25) is 0 Å². The lowest BCUT2D eigenvalue weighted by molar-refractivity contribution is -0.111. The average molecular weight is 358 g/mol. The summed E-state index contributed by atoms with van der Waals surface area (Å²) >= 11 is 0. The average Bonchev–Trinajstić information content (AvgIpc) is 3.28. The molecule has 4 rings (SSSR count). The Hall–Kier alpha value is -3.74. The normalized spacial score (nSPS) is 11.3. The van der Waals surface area contributed by atoms with Crippen molar-refractivity contribution >= 4 is 23.6 Å². The van der Waals surface area contributed by atoms with E-state index in [9.17, 15) is 4.79 Å². The van der Waals surface area contributed by atoms with Gasteiger partial charge in [0.15, 0.2) is 0 Å². The predicted molar refractivity (Wildman–Crippen MR) is 104 cm³/mol. The second-order valence-corrected chi connectivity index (χ2v) is 6.30. The largest absolute Gasteiger partial charge is 0.300 e. The molecule has 7 heteroatoms. The highest BCUT2D eigenvalue weighted by atomic mass is 16.1. The van der Waals surface area contributed by atoms with E-state index in [2.05, 4.69) is 32.6 Å². The van der Waals surface area contributed by atoms with Gasteiger partial charge in [0.1, 0.15) is 12.0 Å². The van der Waals surface area contributed by atoms with Crippen molar-refractivity contribution in [2.24, 2.45) is 0 Å². The number of aryl methyl sites for hydroxylation is 2. The van der Waals surface area contributed by atoms with E-state index >= 15 is 0 Å². The molecule has 0 aliphatic rings. The Balaban J connectivity index is 1.75. The van der Waals surface area contributed by atoms with Crippen molar-refractivity contribution < 1.29 is 4.79 Å². The third kappa shape index (κ3) is 3.48. The van der Waals surface area contributed by atoms with Crippen molar-refractivity contribution in [1.29, 1.82) is 0 Å². The Kier molecular flexibility index (Phi) is 4.25. The fourth-order valence-corrected chi connectivity index (χ4v) is 2.83. The van der Waals surface area contributed by atoms with Crippen LogP contribution < -0.4 is 5.32 Å². The highest BCUT2D eigenvalue weighted by molar-refractivity contribution is 6.01. The van der Waals surface area contributed by atoms with Gasteiger partial charge in [-0.1, -0.05) is 29.8 Å². The first-order valence-electron chi connectivity index (χ1n) is 8.50. The molecule has 0 bridgehead atoms. The molecule has 0 unspecified atom stereocenters. The third-order valence-electron chi connectivity index (χ3n) is 4.19. The Morgan fingerprint density at radius 1 is 1.15 bits per heavy atom. The number of carbonyl (C=O) groups excluding carboxylic acids is 1. The smallest absolute Gasteiger partial charge is 0.250 e. The van der Waals surface area contributed by atoms with Gasteiger partial charge in [0.05, 0.1) is 11.4 Å². The molecule has 7 nitrogen and oxygen atoms in total. The number of fused-ring (bicyclic) bond motifs is 1. The number of nitrogens with zero attached hydrogens (tertiary/aromatic N) is 4.